The highest BCUT2D eigenvalue weighted by molar-refractivity contribution is 9.10. The van der Waals surface area contributed by atoms with Gasteiger partial charge < -0.3 is 4.42 Å². The summed E-state index contributed by atoms with van der Waals surface area (Å²) >= 11 is 3.33. The molecule has 1 fully saturated rings. The average Bonchev–Trinajstić information content (AvgIpc) is 2.74. The summed E-state index contributed by atoms with van der Waals surface area (Å²) in [6, 6.07) is 14.2. The van der Waals surface area contributed by atoms with E-state index in [0.29, 0.717) is 43.2 Å². The molecule has 0 bridgehead atoms. The molecule has 0 N–H and O–H groups in total. The highest BCUT2D eigenvalue weighted by atomic mass is 79.9. The number of aryl methyl sites for hydroxylation is 1. The van der Waals surface area contributed by atoms with Crippen molar-refractivity contribution in [2.24, 2.45) is 0 Å². The van der Waals surface area contributed by atoms with Crippen LogP contribution >= 0.6 is 15.9 Å². The molecule has 0 radical (unpaired) electrons. The Kier molecular flexibility index (Phi) is 6.11. The second-order valence-electron chi connectivity index (χ2n) is 7.41. The molecular weight excluding hydrogens is 468 g/mol. The number of halogens is 1. The summed E-state index contributed by atoms with van der Waals surface area (Å²) in [7, 11) is -3.50. The SMILES string of the molecule is CCc1ccc2c(CN3CCN(S(=O)(=O)c4ccc(Br)cc4)CC3)cc(=O)oc2c1. The van der Waals surface area contributed by atoms with Gasteiger partial charge in [0.15, 0.2) is 0 Å². The summed E-state index contributed by atoms with van der Waals surface area (Å²) in [4.78, 5) is 14.5. The Labute approximate surface area is 184 Å². The van der Waals surface area contributed by atoms with E-state index in [9.17, 15) is 13.2 Å². The van der Waals surface area contributed by atoms with Crippen LogP contribution in [0.5, 0.6) is 0 Å². The Morgan fingerprint density at radius 3 is 2.37 bits per heavy atom. The number of piperazine rings is 1. The van der Waals surface area contributed by atoms with Gasteiger partial charge in [0.1, 0.15) is 5.58 Å². The van der Waals surface area contributed by atoms with E-state index in [4.69, 9.17) is 4.42 Å². The van der Waals surface area contributed by atoms with Crippen molar-refractivity contribution in [3.05, 3.63) is 74.6 Å². The third kappa shape index (κ3) is 4.37. The van der Waals surface area contributed by atoms with Crippen molar-refractivity contribution >= 4 is 36.9 Å². The molecule has 0 saturated carbocycles. The first-order valence-corrected chi connectivity index (χ1v) is 12.1. The van der Waals surface area contributed by atoms with Crippen molar-refractivity contribution < 1.29 is 12.8 Å². The van der Waals surface area contributed by atoms with E-state index in [0.717, 1.165) is 27.4 Å². The molecule has 1 saturated heterocycles. The standard InChI is InChI=1S/C22H23BrN2O4S/c1-2-16-3-8-20-17(14-22(26)29-21(20)13-16)15-24-9-11-25(12-10-24)30(27,28)19-6-4-18(23)5-7-19/h3-8,13-14H,2,9-12,15H2,1H3. The molecule has 1 aliphatic heterocycles. The van der Waals surface area contributed by atoms with Crippen LogP contribution in [0.1, 0.15) is 18.1 Å². The zero-order valence-corrected chi connectivity index (χ0v) is 19.1. The zero-order valence-electron chi connectivity index (χ0n) is 16.7. The molecule has 3 aromatic rings. The lowest BCUT2D eigenvalue weighted by molar-refractivity contribution is 0.182. The van der Waals surface area contributed by atoms with Gasteiger partial charge in [-0.15, -0.1) is 0 Å². The topological polar surface area (TPSA) is 70.8 Å². The zero-order chi connectivity index (χ0) is 21.3. The molecule has 0 atom stereocenters. The fourth-order valence-electron chi connectivity index (χ4n) is 3.75. The van der Waals surface area contributed by atoms with E-state index in [1.54, 1.807) is 30.3 Å². The minimum absolute atomic E-state index is 0.303. The monoisotopic (exact) mass is 490 g/mol. The number of fused-ring (bicyclic) bond motifs is 1. The molecule has 4 rings (SSSR count). The number of hydrogen-bond acceptors (Lipinski definition) is 5. The van der Waals surface area contributed by atoms with Gasteiger partial charge >= 0.3 is 5.63 Å². The van der Waals surface area contributed by atoms with E-state index >= 15 is 0 Å². The highest BCUT2D eigenvalue weighted by Crippen LogP contribution is 2.23. The van der Waals surface area contributed by atoms with Gasteiger partial charge in [0.2, 0.25) is 10.0 Å². The van der Waals surface area contributed by atoms with E-state index in [1.807, 2.05) is 12.1 Å². The van der Waals surface area contributed by atoms with E-state index in [2.05, 4.69) is 33.8 Å². The summed E-state index contributed by atoms with van der Waals surface area (Å²) in [6.07, 6.45) is 0.874. The van der Waals surface area contributed by atoms with Crippen molar-refractivity contribution in [2.45, 2.75) is 24.8 Å². The van der Waals surface area contributed by atoms with Gasteiger partial charge in [-0.25, -0.2) is 13.2 Å². The molecule has 0 spiro atoms. The Balaban J connectivity index is 1.49. The molecule has 0 unspecified atom stereocenters. The third-order valence-electron chi connectivity index (χ3n) is 5.48. The molecule has 1 aliphatic rings. The summed E-state index contributed by atoms with van der Waals surface area (Å²) in [6.45, 7) is 4.68. The lowest BCUT2D eigenvalue weighted by atomic mass is 10.1. The molecule has 8 heteroatoms. The van der Waals surface area contributed by atoms with Gasteiger partial charge in [-0.1, -0.05) is 35.0 Å². The second kappa shape index (κ2) is 8.63. The van der Waals surface area contributed by atoms with Crippen LogP contribution in [0.25, 0.3) is 11.0 Å². The first kappa shape index (κ1) is 21.2. The molecular formula is C22H23BrN2O4S. The van der Waals surface area contributed by atoms with Crippen LogP contribution in [0.4, 0.5) is 0 Å². The summed E-state index contributed by atoms with van der Waals surface area (Å²) in [5.74, 6) is 0. The molecule has 6 nitrogen and oxygen atoms in total. The van der Waals surface area contributed by atoms with Gasteiger partial charge in [-0.2, -0.15) is 4.31 Å². The first-order chi connectivity index (χ1) is 14.4. The molecule has 0 aliphatic carbocycles. The molecule has 30 heavy (non-hydrogen) atoms. The molecule has 2 aromatic carbocycles. The third-order valence-corrected chi connectivity index (χ3v) is 7.92. The largest absolute Gasteiger partial charge is 0.423 e. The molecule has 0 amide bonds. The Hall–Kier alpha value is -2.00. The van der Waals surface area contributed by atoms with Crippen molar-refractivity contribution in [3.8, 4) is 0 Å². The van der Waals surface area contributed by atoms with Crippen molar-refractivity contribution in [3.63, 3.8) is 0 Å². The van der Waals surface area contributed by atoms with Crippen LogP contribution in [0, 0.1) is 0 Å². The van der Waals surface area contributed by atoms with E-state index in [1.165, 1.54) is 4.31 Å². The van der Waals surface area contributed by atoms with Crippen LogP contribution in [-0.4, -0.2) is 43.8 Å². The van der Waals surface area contributed by atoms with Gasteiger partial charge in [0.25, 0.3) is 0 Å². The first-order valence-electron chi connectivity index (χ1n) is 9.90. The van der Waals surface area contributed by atoms with Crippen molar-refractivity contribution in [1.29, 1.82) is 0 Å². The Morgan fingerprint density at radius 1 is 1.00 bits per heavy atom. The normalized spacial score (nSPS) is 16.2. The fourth-order valence-corrected chi connectivity index (χ4v) is 5.44. The molecule has 158 valence electrons. The summed E-state index contributed by atoms with van der Waals surface area (Å²) < 4.78 is 33.5. The van der Waals surface area contributed by atoms with Crippen LogP contribution < -0.4 is 5.63 Å². The average molecular weight is 491 g/mol. The Bertz CT molecular complexity index is 1210. The molecule has 2 heterocycles. The van der Waals surface area contributed by atoms with Crippen LogP contribution in [0.3, 0.4) is 0 Å². The minimum Gasteiger partial charge on any atom is -0.423 e. The lowest BCUT2D eigenvalue weighted by Gasteiger charge is -2.34. The van der Waals surface area contributed by atoms with Crippen molar-refractivity contribution in [2.75, 3.05) is 26.2 Å². The van der Waals surface area contributed by atoms with Crippen molar-refractivity contribution in [1.82, 2.24) is 9.21 Å². The number of sulfonamides is 1. The molecule has 1 aromatic heterocycles. The van der Waals surface area contributed by atoms with Crippen LogP contribution in [0.2, 0.25) is 0 Å². The summed E-state index contributed by atoms with van der Waals surface area (Å²) in [5.41, 5.74) is 2.28. The quantitative estimate of drug-likeness (QED) is 0.510. The Morgan fingerprint density at radius 2 is 1.70 bits per heavy atom. The number of hydrogen-bond donors (Lipinski definition) is 0. The number of nitrogens with zero attached hydrogens (tertiary/aromatic N) is 2. The van der Waals surface area contributed by atoms with Gasteiger partial charge in [-0.3, -0.25) is 4.90 Å². The maximum Gasteiger partial charge on any atom is 0.336 e. The maximum absolute atomic E-state index is 12.9. The minimum atomic E-state index is -3.50. The smallest absolute Gasteiger partial charge is 0.336 e. The van der Waals surface area contributed by atoms with Gasteiger partial charge in [0, 0.05) is 48.6 Å². The van der Waals surface area contributed by atoms with Gasteiger partial charge in [0.05, 0.1) is 4.90 Å². The van der Waals surface area contributed by atoms with Crippen LogP contribution in [-0.2, 0) is 23.0 Å². The highest BCUT2D eigenvalue weighted by Gasteiger charge is 2.28. The maximum atomic E-state index is 12.9. The van der Waals surface area contributed by atoms with E-state index < -0.39 is 10.0 Å². The predicted octanol–water partition coefficient (Wildman–Crippen LogP) is 3.62. The second-order valence-corrected chi connectivity index (χ2v) is 10.3. The van der Waals surface area contributed by atoms with Crippen LogP contribution in [0.15, 0.2) is 67.1 Å². The predicted molar refractivity (Wildman–Crippen MR) is 120 cm³/mol. The lowest BCUT2D eigenvalue weighted by Crippen LogP contribution is -2.48. The summed E-state index contributed by atoms with van der Waals surface area (Å²) in [5, 5.41) is 0.928. The number of benzene rings is 2. The van der Waals surface area contributed by atoms with E-state index in [-0.39, 0.29) is 5.63 Å². The fraction of sp³-hybridized carbons (Fsp3) is 0.318. The van der Waals surface area contributed by atoms with Gasteiger partial charge in [-0.05, 0) is 47.9 Å². The number of rotatable bonds is 5.